The van der Waals surface area contributed by atoms with Crippen LogP contribution >= 0.6 is 0 Å². The lowest BCUT2D eigenvalue weighted by atomic mass is 9.82. The largest absolute Gasteiger partial charge is 0.493 e. The molecular weight excluding hydrogens is 238 g/mol. The van der Waals surface area contributed by atoms with Gasteiger partial charge in [-0.1, -0.05) is 31.9 Å². The Bertz CT molecular complexity index is 394. The number of benzene rings is 1. The van der Waals surface area contributed by atoms with Gasteiger partial charge in [0.05, 0.1) is 7.11 Å². The van der Waals surface area contributed by atoms with Gasteiger partial charge in [0.25, 0.3) is 0 Å². The van der Waals surface area contributed by atoms with Crippen molar-refractivity contribution in [3.05, 3.63) is 24.3 Å². The Labute approximate surface area is 116 Å². The molecule has 1 aromatic carbocycles. The number of ether oxygens (including phenoxy) is 2. The van der Waals surface area contributed by atoms with E-state index in [2.05, 4.69) is 6.92 Å². The summed E-state index contributed by atoms with van der Waals surface area (Å²) in [5, 5.41) is 0. The number of para-hydroxylation sites is 2. The van der Waals surface area contributed by atoms with Crippen LogP contribution < -0.4 is 15.2 Å². The second-order valence-corrected chi connectivity index (χ2v) is 5.44. The van der Waals surface area contributed by atoms with Gasteiger partial charge in [-0.2, -0.15) is 0 Å². The molecule has 3 nitrogen and oxygen atoms in total. The Morgan fingerprint density at radius 3 is 2.63 bits per heavy atom. The van der Waals surface area contributed by atoms with Crippen LogP contribution in [0.5, 0.6) is 11.5 Å². The molecule has 19 heavy (non-hydrogen) atoms. The molecule has 2 rings (SSSR count). The molecule has 106 valence electrons. The summed E-state index contributed by atoms with van der Waals surface area (Å²) in [5.74, 6) is 2.35. The predicted octanol–water partition coefficient (Wildman–Crippen LogP) is 3.37. The molecular formula is C16H25NO2. The highest BCUT2D eigenvalue weighted by Crippen LogP contribution is 2.33. The topological polar surface area (TPSA) is 44.5 Å². The lowest BCUT2D eigenvalue weighted by molar-refractivity contribution is 0.0962. The minimum atomic E-state index is 0.113. The minimum Gasteiger partial charge on any atom is -0.493 e. The van der Waals surface area contributed by atoms with Crippen molar-refractivity contribution in [3.8, 4) is 11.5 Å². The molecule has 0 aromatic heterocycles. The first-order valence-corrected chi connectivity index (χ1v) is 7.29. The summed E-state index contributed by atoms with van der Waals surface area (Å²) in [6, 6.07) is 7.93. The molecule has 0 bridgehead atoms. The van der Waals surface area contributed by atoms with Gasteiger partial charge < -0.3 is 15.2 Å². The summed E-state index contributed by atoms with van der Waals surface area (Å²) in [6.45, 7) is 2.24. The molecule has 0 spiro atoms. The van der Waals surface area contributed by atoms with E-state index in [1.54, 1.807) is 7.11 Å². The van der Waals surface area contributed by atoms with E-state index < -0.39 is 0 Å². The average molecular weight is 263 g/mol. The Morgan fingerprint density at radius 1 is 1.21 bits per heavy atom. The Kier molecular flexibility index (Phi) is 5.08. The summed E-state index contributed by atoms with van der Waals surface area (Å²) in [7, 11) is 1.67. The van der Waals surface area contributed by atoms with Crippen molar-refractivity contribution in [2.45, 2.75) is 51.2 Å². The van der Waals surface area contributed by atoms with Crippen molar-refractivity contribution < 1.29 is 9.47 Å². The van der Waals surface area contributed by atoms with E-state index in [1.807, 2.05) is 24.3 Å². The average Bonchev–Trinajstić information content (AvgIpc) is 2.43. The number of nitrogens with two attached hydrogens (primary N) is 1. The highest BCUT2D eigenvalue weighted by molar-refractivity contribution is 5.39. The third-order valence-corrected chi connectivity index (χ3v) is 4.00. The summed E-state index contributed by atoms with van der Waals surface area (Å²) in [6.07, 6.45) is 5.99. The zero-order valence-corrected chi connectivity index (χ0v) is 12.0. The van der Waals surface area contributed by atoms with Crippen molar-refractivity contribution in [2.75, 3.05) is 7.11 Å². The van der Waals surface area contributed by atoms with E-state index in [0.717, 1.165) is 30.3 Å². The van der Waals surface area contributed by atoms with E-state index in [0.29, 0.717) is 0 Å². The van der Waals surface area contributed by atoms with Gasteiger partial charge in [0, 0.05) is 6.04 Å². The third-order valence-electron chi connectivity index (χ3n) is 4.00. The van der Waals surface area contributed by atoms with Crippen LogP contribution in [0.1, 0.15) is 39.0 Å². The zero-order valence-electron chi connectivity index (χ0n) is 12.0. The number of rotatable bonds is 5. The van der Waals surface area contributed by atoms with Crippen molar-refractivity contribution in [1.82, 2.24) is 0 Å². The second-order valence-electron chi connectivity index (χ2n) is 5.44. The summed E-state index contributed by atoms with van der Waals surface area (Å²) in [4.78, 5) is 0. The van der Waals surface area contributed by atoms with Crippen LogP contribution in [0.25, 0.3) is 0 Å². The molecule has 1 aliphatic rings. The zero-order chi connectivity index (χ0) is 13.7. The summed E-state index contributed by atoms with van der Waals surface area (Å²) >= 11 is 0. The maximum atomic E-state index is 6.21. The molecule has 1 aliphatic carbocycles. The fraction of sp³-hybridized carbons (Fsp3) is 0.625. The molecule has 1 saturated carbocycles. The van der Waals surface area contributed by atoms with Crippen molar-refractivity contribution >= 4 is 0 Å². The molecule has 2 N–H and O–H groups in total. The molecule has 3 unspecified atom stereocenters. The van der Waals surface area contributed by atoms with E-state index in [4.69, 9.17) is 15.2 Å². The molecule has 0 amide bonds. The number of methoxy groups -OCH3 is 1. The van der Waals surface area contributed by atoms with Gasteiger partial charge in [0.2, 0.25) is 0 Å². The molecule has 0 radical (unpaired) electrons. The molecule has 0 heterocycles. The summed E-state index contributed by atoms with van der Waals surface area (Å²) < 4.78 is 11.4. The molecule has 0 aliphatic heterocycles. The maximum Gasteiger partial charge on any atom is 0.161 e. The second kappa shape index (κ2) is 6.80. The van der Waals surface area contributed by atoms with E-state index in [1.165, 1.54) is 19.3 Å². The Hall–Kier alpha value is -1.22. The van der Waals surface area contributed by atoms with Crippen molar-refractivity contribution in [2.24, 2.45) is 11.7 Å². The third kappa shape index (κ3) is 3.63. The lowest BCUT2D eigenvalue weighted by Gasteiger charge is -2.34. The molecule has 1 fully saturated rings. The highest BCUT2D eigenvalue weighted by Gasteiger charge is 2.29. The normalized spacial score (nSPS) is 27.0. The predicted molar refractivity (Wildman–Crippen MR) is 77.6 cm³/mol. The lowest BCUT2D eigenvalue weighted by Crippen LogP contribution is -2.43. The van der Waals surface area contributed by atoms with Crippen LogP contribution in [0, 0.1) is 5.92 Å². The molecule has 1 aromatic rings. The quantitative estimate of drug-likeness (QED) is 0.885. The van der Waals surface area contributed by atoms with Crippen molar-refractivity contribution in [3.63, 3.8) is 0 Å². The van der Waals surface area contributed by atoms with Crippen LogP contribution in [0.15, 0.2) is 24.3 Å². The Balaban J connectivity index is 2.03. The van der Waals surface area contributed by atoms with Gasteiger partial charge in [0.15, 0.2) is 11.5 Å². The standard InChI is InChI=1S/C16H25NO2/c1-3-6-12-9-10-13(17)16(11-12)19-15-8-5-4-7-14(15)18-2/h4-5,7-8,12-13,16H,3,6,9-11,17H2,1-2H3. The van der Waals surface area contributed by atoms with Gasteiger partial charge in [-0.15, -0.1) is 0 Å². The summed E-state index contributed by atoms with van der Waals surface area (Å²) in [5.41, 5.74) is 6.21. The van der Waals surface area contributed by atoms with Gasteiger partial charge in [0.1, 0.15) is 6.10 Å². The first-order chi connectivity index (χ1) is 9.24. The number of hydrogen-bond donors (Lipinski definition) is 1. The van der Waals surface area contributed by atoms with Gasteiger partial charge >= 0.3 is 0 Å². The molecule has 0 saturated heterocycles. The molecule has 3 atom stereocenters. The monoisotopic (exact) mass is 263 g/mol. The van der Waals surface area contributed by atoms with Gasteiger partial charge in [-0.25, -0.2) is 0 Å². The smallest absolute Gasteiger partial charge is 0.161 e. The first kappa shape index (κ1) is 14.2. The molecule has 3 heteroatoms. The van der Waals surface area contributed by atoms with Crippen LogP contribution in [-0.4, -0.2) is 19.3 Å². The maximum absolute atomic E-state index is 6.21. The van der Waals surface area contributed by atoms with Crippen LogP contribution in [-0.2, 0) is 0 Å². The van der Waals surface area contributed by atoms with Gasteiger partial charge in [-0.3, -0.25) is 0 Å². The fourth-order valence-corrected chi connectivity index (χ4v) is 2.92. The van der Waals surface area contributed by atoms with Gasteiger partial charge in [-0.05, 0) is 37.3 Å². The minimum absolute atomic E-state index is 0.113. The van der Waals surface area contributed by atoms with Crippen LogP contribution in [0.4, 0.5) is 0 Å². The van der Waals surface area contributed by atoms with Crippen molar-refractivity contribution in [1.29, 1.82) is 0 Å². The van der Waals surface area contributed by atoms with E-state index in [-0.39, 0.29) is 12.1 Å². The van der Waals surface area contributed by atoms with E-state index >= 15 is 0 Å². The first-order valence-electron chi connectivity index (χ1n) is 7.29. The van der Waals surface area contributed by atoms with Crippen LogP contribution in [0.2, 0.25) is 0 Å². The fourth-order valence-electron chi connectivity index (χ4n) is 2.92. The Morgan fingerprint density at radius 2 is 1.95 bits per heavy atom. The van der Waals surface area contributed by atoms with Crippen LogP contribution in [0.3, 0.4) is 0 Å². The SMILES string of the molecule is CCCC1CCC(N)C(Oc2ccccc2OC)C1. The number of hydrogen-bond acceptors (Lipinski definition) is 3. The highest BCUT2D eigenvalue weighted by atomic mass is 16.5. The van der Waals surface area contributed by atoms with E-state index in [9.17, 15) is 0 Å².